The van der Waals surface area contributed by atoms with Crippen LogP contribution in [0, 0.1) is 0 Å². The number of hydrogen-bond donors (Lipinski definition) is 1. The van der Waals surface area contributed by atoms with Crippen LogP contribution in [0.3, 0.4) is 0 Å². The maximum atomic E-state index is 5.79. The molecule has 132 valence electrons. The summed E-state index contributed by atoms with van der Waals surface area (Å²) in [6, 6.07) is 3.52. The molecule has 8 nitrogen and oxygen atoms in total. The Morgan fingerprint density at radius 1 is 1.08 bits per heavy atom. The van der Waals surface area contributed by atoms with Crippen molar-refractivity contribution in [3.05, 3.63) is 17.8 Å². The molecule has 3 rings (SSSR count). The highest BCUT2D eigenvalue weighted by Gasteiger charge is 2.20. The second kappa shape index (κ2) is 6.98. The van der Waals surface area contributed by atoms with E-state index in [1.165, 1.54) is 11.3 Å². The van der Waals surface area contributed by atoms with E-state index in [0.29, 0.717) is 39.7 Å². The van der Waals surface area contributed by atoms with Crippen molar-refractivity contribution in [2.45, 2.75) is 13.3 Å². The normalized spacial score (nSPS) is 10.7. The molecule has 25 heavy (non-hydrogen) atoms. The average molecular weight is 362 g/mol. The zero-order valence-electron chi connectivity index (χ0n) is 14.3. The SMILES string of the molecule is CCc1nc(N)sc1-c1nc(-c2cc(OC)c(OC)c(OC)c2)no1. The van der Waals surface area contributed by atoms with Crippen LogP contribution in [0.25, 0.3) is 22.2 Å². The van der Waals surface area contributed by atoms with E-state index < -0.39 is 0 Å². The Hall–Kier alpha value is -2.81. The Kier molecular flexibility index (Phi) is 4.75. The quantitative estimate of drug-likeness (QED) is 0.713. The van der Waals surface area contributed by atoms with Gasteiger partial charge in [0.1, 0.15) is 4.88 Å². The van der Waals surface area contributed by atoms with E-state index in [4.69, 9.17) is 24.5 Å². The standard InChI is InChI=1S/C16H18N4O4S/c1-5-9-13(25-16(17)18-9)15-19-14(20-24-15)8-6-10(21-2)12(23-4)11(7-8)22-3/h6-7H,5H2,1-4H3,(H2,17,18). The predicted molar refractivity (Wildman–Crippen MR) is 94.3 cm³/mol. The first-order chi connectivity index (χ1) is 12.1. The van der Waals surface area contributed by atoms with Crippen LogP contribution in [0.15, 0.2) is 16.7 Å². The highest BCUT2D eigenvalue weighted by molar-refractivity contribution is 7.18. The summed E-state index contributed by atoms with van der Waals surface area (Å²) in [5.74, 6) is 2.32. The van der Waals surface area contributed by atoms with Gasteiger partial charge in [0.2, 0.25) is 11.6 Å². The van der Waals surface area contributed by atoms with E-state index in [1.807, 2.05) is 6.92 Å². The zero-order valence-corrected chi connectivity index (χ0v) is 15.1. The number of aryl methyl sites for hydroxylation is 1. The molecule has 2 aromatic heterocycles. The maximum Gasteiger partial charge on any atom is 0.270 e. The fourth-order valence-electron chi connectivity index (χ4n) is 2.42. The Bertz CT molecular complexity index is 865. The summed E-state index contributed by atoms with van der Waals surface area (Å²) < 4.78 is 21.4. The number of methoxy groups -OCH3 is 3. The van der Waals surface area contributed by atoms with E-state index in [1.54, 1.807) is 33.5 Å². The van der Waals surface area contributed by atoms with Crippen molar-refractivity contribution in [1.82, 2.24) is 15.1 Å². The van der Waals surface area contributed by atoms with Crippen LogP contribution in [-0.4, -0.2) is 36.5 Å². The summed E-state index contributed by atoms with van der Waals surface area (Å²) in [5.41, 5.74) is 7.30. The molecule has 2 N–H and O–H groups in total. The van der Waals surface area contributed by atoms with Gasteiger partial charge in [0, 0.05) is 5.56 Å². The Morgan fingerprint density at radius 3 is 2.32 bits per heavy atom. The summed E-state index contributed by atoms with van der Waals surface area (Å²) in [4.78, 5) is 9.52. The van der Waals surface area contributed by atoms with Gasteiger partial charge in [-0.1, -0.05) is 23.4 Å². The number of benzene rings is 1. The van der Waals surface area contributed by atoms with E-state index in [2.05, 4.69) is 15.1 Å². The molecule has 9 heteroatoms. The third-order valence-electron chi connectivity index (χ3n) is 3.59. The molecule has 0 radical (unpaired) electrons. The second-order valence-corrected chi connectivity index (χ2v) is 6.05. The van der Waals surface area contributed by atoms with E-state index in [0.717, 1.165) is 17.0 Å². The summed E-state index contributed by atoms with van der Waals surface area (Å²) >= 11 is 1.32. The molecular formula is C16H18N4O4S. The lowest BCUT2D eigenvalue weighted by Gasteiger charge is -2.12. The van der Waals surface area contributed by atoms with E-state index in [-0.39, 0.29) is 0 Å². The van der Waals surface area contributed by atoms with Gasteiger partial charge in [0.15, 0.2) is 16.6 Å². The van der Waals surface area contributed by atoms with Crippen LogP contribution >= 0.6 is 11.3 Å². The number of rotatable bonds is 6. The minimum atomic E-state index is 0.384. The Balaban J connectivity index is 2.05. The molecule has 0 unspecified atom stereocenters. The van der Waals surface area contributed by atoms with Gasteiger partial charge in [0.05, 0.1) is 27.0 Å². The number of nitrogens with two attached hydrogens (primary N) is 1. The highest BCUT2D eigenvalue weighted by Crippen LogP contribution is 2.41. The van der Waals surface area contributed by atoms with Gasteiger partial charge in [-0.05, 0) is 18.6 Å². The van der Waals surface area contributed by atoms with Crippen molar-refractivity contribution >= 4 is 16.5 Å². The van der Waals surface area contributed by atoms with Crippen molar-refractivity contribution in [1.29, 1.82) is 0 Å². The Morgan fingerprint density at radius 2 is 1.76 bits per heavy atom. The summed E-state index contributed by atoms with van der Waals surface area (Å²) in [6.07, 6.45) is 0.727. The molecule has 0 amide bonds. The molecule has 0 fully saturated rings. The van der Waals surface area contributed by atoms with Gasteiger partial charge in [-0.25, -0.2) is 4.98 Å². The minimum Gasteiger partial charge on any atom is -0.493 e. The molecule has 0 saturated heterocycles. The number of aromatic nitrogens is 3. The molecule has 1 aromatic carbocycles. The molecule has 0 aliphatic carbocycles. The summed E-state index contributed by atoms with van der Waals surface area (Å²) in [7, 11) is 4.65. The molecule has 0 aliphatic rings. The van der Waals surface area contributed by atoms with Gasteiger partial charge >= 0.3 is 0 Å². The lowest BCUT2D eigenvalue weighted by atomic mass is 10.1. The lowest BCUT2D eigenvalue weighted by molar-refractivity contribution is 0.324. The van der Waals surface area contributed by atoms with Crippen LogP contribution in [0.5, 0.6) is 17.2 Å². The third kappa shape index (κ3) is 3.10. The van der Waals surface area contributed by atoms with Gasteiger partial charge in [-0.15, -0.1) is 0 Å². The zero-order chi connectivity index (χ0) is 18.0. The summed E-state index contributed by atoms with van der Waals surface area (Å²) in [6.45, 7) is 1.99. The summed E-state index contributed by atoms with van der Waals surface area (Å²) in [5, 5.41) is 4.53. The smallest absolute Gasteiger partial charge is 0.270 e. The Labute approximate surface area is 148 Å². The van der Waals surface area contributed by atoms with Crippen LogP contribution in [0.4, 0.5) is 5.13 Å². The fraction of sp³-hybridized carbons (Fsp3) is 0.312. The average Bonchev–Trinajstić information content (AvgIpc) is 3.26. The van der Waals surface area contributed by atoms with Gasteiger partial charge in [-0.2, -0.15) is 4.98 Å². The molecule has 0 bridgehead atoms. The lowest BCUT2D eigenvalue weighted by Crippen LogP contribution is -1.96. The van der Waals surface area contributed by atoms with E-state index >= 15 is 0 Å². The molecule has 0 aliphatic heterocycles. The fourth-order valence-corrected chi connectivity index (χ4v) is 3.26. The van der Waals surface area contributed by atoms with Crippen LogP contribution in [0.2, 0.25) is 0 Å². The largest absolute Gasteiger partial charge is 0.493 e. The van der Waals surface area contributed by atoms with E-state index in [9.17, 15) is 0 Å². The van der Waals surface area contributed by atoms with Crippen molar-refractivity contribution < 1.29 is 18.7 Å². The maximum absolute atomic E-state index is 5.79. The molecule has 0 atom stereocenters. The molecule has 3 aromatic rings. The van der Waals surface area contributed by atoms with Gasteiger partial charge in [-0.3, -0.25) is 0 Å². The predicted octanol–water partition coefficient (Wildman–Crippen LogP) is 3.03. The van der Waals surface area contributed by atoms with Crippen molar-refractivity contribution in [2.24, 2.45) is 0 Å². The molecular weight excluding hydrogens is 344 g/mol. The number of thiazole rings is 1. The second-order valence-electron chi connectivity index (χ2n) is 5.02. The first kappa shape index (κ1) is 17.0. The first-order valence-corrected chi connectivity index (χ1v) is 8.32. The van der Waals surface area contributed by atoms with Crippen molar-refractivity contribution in [3.8, 4) is 39.4 Å². The number of nitrogen functional groups attached to an aromatic ring is 1. The highest BCUT2D eigenvalue weighted by atomic mass is 32.1. The van der Waals surface area contributed by atoms with Crippen LogP contribution in [-0.2, 0) is 6.42 Å². The monoisotopic (exact) mass is 362 g/mol. The topological polar surface area (TPSA) is 106 Å². The molecule has 0 spiro atoms. The van der Waals surface area contributed by atoms with Gasteiger partial charge in [0.25, 0.3) is 5.89 Å². The number of ether oxygens (including phenoxy) is 3. The minimum absolute atomic E-state index is 0.384. The van der Waals surface area contributed by atoms with Crippen molar-refractivity contribution in [2.75, 3.05) is 27.1 Å². The molecule has 0 saturated carbocycles. The number of anilines is 1. The van der Waals surface area contributed by atoms with Crippen molar-refractivity contribution in [3.63, 3.8) is 0 Å². The number of hydrogen-bond acceptors (Lipinski definition) is 9. The molecule has 2 heterocycles. The van der Waals surface area contributed by atoms with Crippen LogP contribution < -0.4 is 19.9 Å². The first-order valence-electron chi connectivity index (χ1n) is 7.50. The number of nitrogens with zero attached hydrogens (tertiary/aromatic N) is 3. The van der Waals surface area contributed by atoms with Gasteiger partial charge < -0.3 is 24.5 Å². The third-order valence-corrected chi connectivity index (χ3v) is 4.51. The van der Waals surface area contributed by atoms with Crippen LogP contribution in [0.1, 0.15) is 12.6 Å².